The molecule has 2 N–H and O–H groups in total. The van der Waals surface area contributed by atoms with Crippen LogP contribution in [0.25, 0.3) is 0 Å². The second-order valence-corrected chi connectivity index (χ2v) is 10.8. The van der Waals surface area contributed by atoms with Gasteiger partial charge in [0.15, 0.2) is 5.11 Å². The lowest BCUT2D eigenvalue weighted by atomic mass is 9.94. The monoisotopic (exact) mass is 515 g/mol. The highest BCUT2D eigenvalue weighted by atomic mass is 32.1. The van der Waals surface area contributed by atoms with Crippen molar-refractivity contribution in [3.8, 4) is 0 Å². The van der Waals surface area contributed by atoms with E-state index in [9.17, 15) is 4.79 Å². The minimum absolute atomic E-state index is 0.0115. The summed E-state index contributed by atoms with van der Waals surface area (Å²) in [5, 5.41) is 7.29. The molecule has 2 atom stereocenters. The topological polar surface area (TPSA) is 62.2 Å². The van der Waals surface area contributed by atoms with E-state index in [1.165, 1.54) is 49.1 Å². The molecule has 7 heteroatoms. The van der Waals surface area contributed by atoms with Crippen LogP contribution < -0.4 is 15.5 Å². The Morgan fingerprint density at radius 1 is 1.11 bits per heavy atom. The van der Waals surface area contributed by atoms with Crippen LogP contribution in [0.15, 0.2) is 48.7 Å². The number of amides is 1. The van der Waals surface area contributed by atoms with Crippen LogP contribution >= 0.6 is 12.2 Å². The molecule has 194 valence electrons. The summed E-state index contributed by atoms with van der Waals surface area (Å²) in [5.74, 6) is 0.0115. The van der Waals surface area contributed by atoms with Crippen molar-refractivity contribution in [2.24, 2.45) is 0 Å². The van der Waals surface area contributed by atoms with Crippen LogP contribution in [0, 0.1) is 20.8 Å². The molecule has 1 saturated heterocycles. The second-order valence-electron chi connectivity index (χ2n) is 10.4. The molecule has 0 spiro atoms. The van der Waals surface area contributed by atoms with E-state index in [2.05, 4.69) is 58.2 Å². The number of thiocarbonyl (C=S) groups is 1. The summed E-state index contributed by atoms with van der Waals surface area (Å²) in [7, 11) is 0. The Morgan fingerprint density at radius 3 is 2.57 bits per heavy atom. The van der Waals surface area contributed by atoms with Crippen LogP contribution in [0.2, 0.25) is 0 Å². The Bertz CT molecular complexity index is 1290. The molecule has 3 heterocycles. The number of rotatable bonds is 6. The SMILES string of the molecule is CCC(=O)Nc1ccc(N2C(=S)N[C@@H](c3ccccn3)[C@H]2c2cc(C)n(C3CCCCC3)c2C)cc1C. The predicted octanol–water partition coefficient (Wildman–Crippen LogP) is 6.84. The van der Waals surface area contributed by atoms with Gasteiger partial charge in [0, 0.05) is 41.4 Å². The number of hydrogen-bond donors (Lipinski definition) is 2. The van der Waals surface area contributed by atoms with Crippen LogP contribution in [0.3, 0.4) is 0 Å². The van der Waals surface area contributed by atoms with E-state index in [0.29, 0.717) is 17.6 Å². The molecule has 0 radical (unpaired) electrons. The highest BCUT2D eigenvalue weighted by Gasteiger charge is 2.42. The van der Waals surface area contributed by atoms with E-state index < -0.39 is 0 Å². The van der Waals surface area contributed by atoms with E-state index in [0.717, 1.165) is 22.6 Å². The zero-order chi connectivity index (χ0) is 26.1. The fraction of sp³-hybridized carbons (Fsp3) is 0.433. The smallest absolute Gasteiger partial charge is 0.224 e. The molecule has 1 aliphatic carbocycles. The summed E-state index contributed by atoms with van der Waals surface area (Å²) in [4.78, 5) is 19.0. The average molecular weight is 516 g/mol. The zero-order valence-electron chi connectivity index (χ0n) is 22.3. The third-order valence-electron chi connectivity index (χ3n) is 7.96. The second kappa shape index (κ2) is 10.7. The number of pyridine rings is 1. The van der Waals surface area contributed by atoms with Gasteiger partial charge in [0.05, 0.1) is 17.8 Å². The van der Waals surface area contributed by atoms with Gasteiger partial charge in [0.2, 0.25) is 5.91 Å². The number of nitrogens with zero attached hydrogens (tertiary/aromatic N) is 3. The third kappa shape index (κ3) is 4.89. The van der Waals surface area contributed by atoms with Crippen LogP contribution in [0.1, 0.15) is 91.8 Å². The molecule has 2 aliphatic rings. The molecule has 1 aliphatic heterocycles. The molecule has 1 aromatic carbocycles. The van der Waals surface area contributed by atoms with E-state index in [1.54, 1.807) is 0 Å². The predicted molar refractivity (Wildman–Crippen MR) is 154 cm³/mol. The van der Waals surface area contributed by atoms with Crippen molar-refractivity contribution in [2.45, 2.75) is 84.3 Å². The summed E-state index contributed by atoms with van der Waals surface area (Å²) in [5.41, 5.74) is 7.74. The first-order valence-electron chi connectivity index (χ1n) is 13.5. The number of carbonyl (C=O) groups is 1. The Kier molecular flexibility index (Phi) is 7.33. The van der Waals surface area contributed by atoms with Crippen LogP contribution in [-0.4, -0.2) is 20.6 Å². The minimum atomic E-state index is -0.0752. The first-order valence-corrected chi connectivity index (χ1v) is 13.9. The lowest BCUT2D eigenvalue weighted by Gasteiger charge is -2.30. The summed E-state index contributed by atoms with van der Waals surface area (Å²) >= 11 is 5.96. The number of carbonyl (C=O) groups excluding carboxylic acids is 1. The maximum atomic E-state index is 12.0. The van der Waals surface area contributed by atoms with Gasteiger partial charge in [-0.25, -0.2) is 0 Å². The molecule has 0 unspecified atom stereocenters. The highest BCUT2D eigenvalue weighted by molar-refractivity contribution is 7.80. The largest absolute Gasteiger partial charge is 0.351 e. The molecule has 2 fully saturated rings. The Hall–Kier alpha value is -3.19. The van der Waals surface area contributed by atoms with Gasteiger partial charge in [-0.1, -0.05) is 32.3 Å². The first-order chi connectivity index (χ1) is 17.9. The van der Waals surface area contributed by atoms with Gasteiger partial charge < -0.3 is 20.1 Å². The van der Waals surface area contributed by atoms with Gasteiger partial charge in [-0.2, -0.15) is 0 Å². The minimum Gasteiger partial charge on any atom is -0.351 e. The van der Waals surface area contributed by atoms with Crippen LogP contribution in [0.4, 0.5) is 11.4 Å². The zero-order valence-corrected chi connectivity index (χ0v) is 23.1. The van der Waals surface area contributed by atoms with Crippen LogP contribution in [-0.2, 0) is 4.79 Å². The fourth-order valence-electron chi connectivity index (χ4n) is 6.13. The number of anilines is 2. The normalized spacial score (nSPS) is 20.2. The lowest BCUT2D eigenvalue weighted by Crippen LogP contribution is -2.29. The molecular weight excluding hydrogens is 478 g/mol. The van der Waals surface area contributed by atoms with Crippen molar-refractivity contribution in [2.75, 3.05) is 10.2 Å². The maximum absolute atomic E-state index is 12.0. The third-order valence-corrected chi connectivity index (χ3v) is 8.28. The molecule has 5 rings (SSSR count). The van der Waals surface area contributed by atoms with Gasteiger partial charge in [0.1, 0.15) is 0 Å². The quantitative estimate of drug-likeness (QED) is 0.352. The van der Waals surface area contributed by atoms with Crippen molar-refractivity contribution in [1.29, 1.82) is 0 Å². The number of nitrogens with one attached hydrogen (secondary N) is 2. The molecule has 3 aromatic rings. The van der Waals surface area contributed by atoms with E-state index >= 15 is 0 Å². The van der Waals surface area contributed by atoms with Crippen molar-refractivity contribution in [3.63, 3.8) is 0 Å². The molecule has 6 nitrogen and oxygen atoms in total. The maximum Gasteiger partial charge on any atom is 0.224 e. The summed E-state index contributed by atoms with van der Waals surface area (Å²) in [6, 6.07) is 15.0. The Labute approximate surface area is 225 Å². The van der Waals surface area contributed by atoms with Crippen molar-refractivity contribution in [1.82, 2.24) is 14.9 Å². The molecule has 0 bridgehead atoms. The highest BCUT2D eigenvalue weighted by Crippen LogP contribution is 2.45. The number of aryl methyl sites for hydroxylation is 2. The van der Waals surface area contributed by atoms with Gasteiger partial charge in [-0.3, -0.25) is 9.78 Å². The molecule has 1 saturated carbocycles. The summed E-state index contributed by atoms with van der Waals surface area (Å²) in [6.45, 7) is 8.39. The lowest BCUT2D eigenvalue weighted by molar-refractivity contribution is -0.115. The van der Waals surface area contributed by atoms with E-state index in [4.69, 9.17) is 17.2 Å². The van der Waals surface area contributed by atoms with Crippen molar-refractivity contribution < 1.29 is 4.79 Å². The fourth-order valence-corrected chi connectivity index (χ4v) is 6.47. The van der Waals surface area contributed by atoms with Gasteiger partial charge in [-0.15, -0.1) is 0 Å². The number of aromatic nitrogens is 2. The molecule has 1 amide bonds. The Morgan fingerprint density at radius 2 is 1.89 bits per heavy atom. The standard InChI is InChI=1S/C30H37N5OS/c1-5-27(36)32-25-15-14-23(17-19(25)2)35-29(28(33-30(35)37)26-13-9-10-16-31-26)24-18-20(3)34(21(24)4)22-11-7-6-8-12-22/h9-10,13-18,22,28-29H,5-8,11-12H2,1-4H3,(H,32,36)(H,33,37)/t28-,29+/m0/s1. The summed E-state index contributed by atoms with van der Waals surface area (Å²) < 4.78 is 2.57. The van der Waals surface area contributed by atoms with E-state index in [-0.39, 0.29) is 18.0 Å². The van der Waals surface area contributed by atoms with E-state index in [1.807, 2.05) is 38.2 Å². The average Bonchev–Trinajstić information content (AvgIpc) is 3.41. The number of benzene rings is 1. The molecule has 2 aromatic heterocycles. The molecular formula is C30H37N5OS. The van der Waals surface area contributed by atoms with Gasteiger partial charge in [0.25, 0.3) is 0 Å². The van der Waals surface area contributed by atoms with Crippen molar-refractivity contribution in [3.05, 3.63) is 76.9 Å². The first kappa shape index (κ1) is 25.5. The number of hydrogen-bond acceptors (Lipinski definition) is 3. The molecule has 37 heavy (non-hydrogen) atoms. The van der Waals surface area contributed by atoms with Gasteiger partial charge >= 0.3 is 0 Å². The van der Waals surface area contributed by atoms with Gasteiger partial charge in [-0.05, 0) is 93.4 Å². The summed E-state index contributed by atoms with van der Waals surface area (Å²) in [6.07, 6.45) is 8.73. The van der Waals surface area contributed by atoms with Crippen molar-refractivity contribution >= 4 is 34.6 Å². The Balaban J connectivity index is 1.59. The van der Waals surface area contributed by atoms with Crippen LogP contribution in [0.5, 0.6) is 0 Å².